The minimum Gasteiger partial charge on any atom is -0.481 e. The Balaban J connectivity index is 1.82. The number of likely N-dealkylation sites (tertiary alicyclic amines) is 1. The number of carbonyl (C=O) groups is 1. The summed E-state index contributed by atoms with van der Waals surface area (Å²) >= 11 is 3.62. The van der Waals surface area contributed by atoms with Gasteiger partial charge in [-0.15, -0.1) is 0 Å². The van der Waals surface area contributed by atoms with Crippen molar-refractivity contribution in [2.45, 2.75) is 31.7 Å². The van der Waals surface area contributed by atoms with E-state index in [-0.39, 0.29) is 5.92 Å². The lowest BCUT2D eigenvalue weighted by Crippen LogP contribution is -2.40. The molecular weight excluding hydrogens is 306 g/mol. The molecule has 4 heteroatoms. The smallest absolute Gasteiger partial charge is 0.307 e. The third-order valence-electron chi connectivity index (χ3n) is 4.42. The van der Waals surface area contributed by atoms with Crippen LogP contribution in [-0.2, 0) is 11.2 Å². The van der Waals surface area contributed by atoms with Crippen molar-refractivity contribution in [3.05, 3.63) is 33.8 Å². The molecule has 1 aromatic carbocycles. The zero-order chi connectivity index (χ0) is 13.4. The van der Waals surface area contributed by atoms with Gasteiger partial charge >= 0.3 is 5.97 Å². The molecule has 1 aliphatic carbocycles. The van der Waals surface area contributed by atoms with Crippen molar-refractivity contribution in [1.29, 1.82) is 0 Å². The third kappa shape index (κ3) is 2.43. The second kappa shape index (κ2) is 5.25. The lowest BCUT2D eigenvalue weighted by molar-refractivity contribution is -0.144. The van der Waals surface area contributed by atoms with Crippen molar-refractivity contribution in [2.75, 3.05) is 13.1 Å². The fraction of sp³-hybridized carbons (Fsp3) is 0.533. The van der Waals surface area contributed by atoms with Gasteiger partial charge in [-0.3, -0.25) is 9.69 Å². The predicted molar refractivity (Wildman–Crippen MR) is 77.1 cm³/mol. The zero-order valence-corrected chi connectivity index (χ0v) is 12.4. The minimum absolute atomic E-state index is 0.190. The average molecular weight is 324 g/mol. The first-order valence-electron chi connectivity index (χ1n) is 6.91. The number of carboxylic acids is 1. The Labute approximate surface area is 121 Å². The van der Waals surface area contributed by atoms with Gasteiger partial charge in [-0.05, 0) is 49.4 Å². The zero-order valence-electron chi connectivity index (χ0n) is 10.8. The van der Waals surface area contributed by atoms with Gasteiger partial charge in [0, 0.05) is 17.1 Å². The maximum absolute atomic E-state index is 11.2. The van der Waals surface area contributed by atoms with E-state index in [2.05, 4.69) is 39.0 Å². The lowest BCUT2D eigenvalue weighted by Gasteiger charge is -2.35. The van der Waals surface area contributed by atoms with E-state index in [1.54, 1.807) is 0 Å². The topological polar surface area (TPSA) is 40.5 Å². The molecule has 3 rings (SSSR count). The van der Waals surface area contributed by atoms with Crippen molar-refractivity contribution in [2.24, 2.45) is 5.92 Å². The molecule has 2 aliphatic rings. The van der Waals surface area contributed by atoms with Gasteiger partial charge in [0.25, 0.3) is 0 Å². The van der Waals surface area contributed by atoms with Crippen LogP contribution >= 0.6 is 15.9 Å². The lowest BCUT2D eigenvalue weighted by atomic mass is 9.95. The van der Waals surface area contributed by atoms with Gasteiger partial charge in [0.1, 0.15) is 0 Å². The van der Waals surface area contributed by atoms with E-state index in [0.717, 1.165) is 32.2 Å². The molecule has 1 heterocycles. The quantitative estimate of drug-likeness (QED) is 0.908. The number of halogens is 1. The summed E-state index contributed by atoms with van der Waals surface area (Å²) in [4.78, 5) is 13.6. The van der Waals surface area contributed by atoms with Crippen LogP contribution in [0.4, 0.5) is 0 Å². The van der Waals surface area contributed by atoms with Gasteiger partial charge in [0.2, 0.25) is 0 Å². The highest BCUT2D eigenvalue weighted by atomic mass is 79.9. The molecule has 1 fully saturated rings. The van der Waals surface area contributed by atoms with Crippen LogP contribution in [0.15, 0.2) is 22.7 Å². The highest BCUT2D eigenvalue weighted by molar-refractivity contribution is 9.10. The number of nitrogens with zero attached hydrogens (tertiary/aromatic N) is 1. The third-order valence-corrected chi connectivity index (χ3v) is 5.17. The van der Waals surface area contributed by atoms with E-state index in [1.807, 2.05) is 0 Å². The maximum atomic E-state index is 11.2. The number of hydrogen-bond donors (Lipinski definition) is 1. The molecular formula is C15H18BrNO2. The summed E-state index contributed by atoms with van der Waals surface area (Å²) in [7, 11) is 0. The standard InChI is InChI=1S/C15H18BrNO2/c16-13-5-1-4-12-11(13)6-7-14(12)17-8-2-3-10(9-17)15(18)19/h1,4-5,10,14H,2-3,6-9H2,(H,18,19). The second-order valence-corrected chi connectivity index (χ2v) is 6.39. The van der Waals surface area contributed by atoms with Crippen LogP contribution in [0.2, 0.25) is 0 Å². The van der Waals surface area contributed by atoms with Crippen LogP contribution < -0.4 is 0 Å². The molecule has 0 radical (unpaired) electrons. The number of carboxylic acid groups (broad SMARTS) is 1. The monoisotopic (exact) mass is 323 g/mol. The summed E-state index contributed by atoms with van der Waals surface area (Å²) in [6.07, 6.45) is 4.03. The first kappa shape index (κ1) is 13.1. The van der Waals surface area contributed by atoms with Crippen molar-refractivity contribution >= 4 is 21.9 Å². The Hall–Kier alpha value is -0.870. The molecule has 0 aromatic heterocycles. The Kier molecular flexibility index (Phi) is 3.63. The van der Waals surface area contributed by atoms with E-state index in [9.17, 15) is 9.90 Å². The number of piperidine rings is 1. The van der Waals surface area contributed by atoms with Crippen molar-refractivity contribution in [1.82, 2.24) is 4.90 Å². The molecule has 1 saturated heterocycles. The Bertz CT molecular complexity index is 503. The number of benzene rings is 1. The van der Waals surface area contributed by atoms with Crippen molar-refractivity contribution in [3.8, 4) is 0 Å². The van der Waals surface area contributed by atoms with Gasteiger partial charge in [0.15, 0.2) is 0 Å². The molecule has 0 spiro atoms. The number of hydrogen-bond acceptors (Lipinski definition) is 2. The van der Waals surface area contributed by atoms with Gasteiger partial charge in [0.05, 0.1) is 5.92 Å². The molecule has 3 nitrogen and oxygen atoms in total. The first-order chi connectivity index (χ1) is 9.16. The Morgan fingerprint density at radius 3 is 3.00 bits per heavy atom. The highest BCUT2D eigenvalue weighted by Crippen LogP contribution is 2.40. The van der Waals surface area contributed by atoms with Crippen LogP contribution in [0, 0.1) is 5.92 Å². The molecule has 0 amide bonds. The molecule has 1 aliphatic heterocycles. The molecule has 2 unspecified atom stereocenters. The van der Waals surface area contributed by atoms with Crippen molar-refractivity contribution in [3.63, 3.8) is 0 Å². The summed E-state index contributed by atoms with van der Waals surface area (Å²) < 4.78 is 1.19. The van der Waals surface area contributed by atoms with Crippen molar-refractivity contribution < 1.29 is 9.90 Å². The summed E-state index contributed by atoms with van der Waals surface area (Å²) in [6, 6.07) is 6.79. The molecule has 2 atom stereocenters. The largest absolute Gasteiger partial charge is 0.481 e. The Morgan fingerprint density at radius 1 is 1.37 bits per heavy atom. The first-order valence-corrected chi connectivity index (χ1v) is 7.70. The van der Waals surface area contributed by atoms with E-state index in [1.165, 1.54) is 15.6 Å². The van der Waals surface area contributed by atoms with Gasteiger partial charge in [-0.2, -0.15) is 0 Å². The molecule has 1 aromatic rings. The van der Waals surface area contributed by atoms with Crippen LogP contribution in [0.3, 0.4) is 0 Å². The van der Waals surface area contributed by atoms with Crippen LogP contribution in [-0.4, -0.2) is 29.1 Å². The van der Waals surface area contributed by atoms with Gasteiger partial charge in [-0.25, -0.2) is 0 Å². The minimum atomic E-state index is -0.642. The molecule has 102 valence electrons. The van der Waals surface area contributed by atoms with Gasteiger partial charge in [-0.1, -0.05) is 28.1 Å². The van der Waals surface area contributed by atoms with Crippen LogP contribution in [0.25, 0.3) is 0 Å². The Morgan fingerprint density at radius 2 is 2.21 bits per heavy atom. The average Bonchev–Trinajstić information content (AvgIpc) is 2.84. The maximum Gasteiger partial charge on any atom is 0.307 e. The van der Waals surface area contributed by atoms with E-state index >= 15 is 0 Å². The molecule has 0 bridgehead atoms. The highest BCUT2D eigenvalue weighted by Gasteiger charge is 2.34. The summed E-state index contributed by atoms with van der Waals surface area (Å²) in [5, 5.41) is 9.20. The number of fused-ring (bicyclic) bond motifs is 1. The molecule has 19 heavy (non-hydrogen) atoms. The van der Waals surface area contributed by atoms with E-state index in [4.69, 9.17) is 0 Å². The molecule has 1 N–H and O–H groups in total. The number of aliphatic carboxylic acids is 1. The normalized spacial score (nSPS) is 27.2. The number of rotatable bonds is 2. The van der Waals surface area contributed by atoms with E-state index in [0.29, 0.717) is 12.6 Å². The SMILES string of the molecule is O=C(O)C1CCCN(C2CCc3c(Br)cccc32)C1. The predicted octanol–water partition coefficient (Wildman–Crippen LogP) is 3.23. The fourth-order valence-electron chi connectivity index (χ4n) is 3.46. The fourth-order valence-corrected chi connectivity index (χ4v) is 4.04. The summed E-state index contributed by atoms with van der Waals surface area (Å²) in [6.45, 7) is 1.73. The van der Waals surface area contributed by atoms with E-state index < -0.39 is 5.97 Å². The second-order valence-electron chi connectivity index (χ2n) is 5.53. The summed E-state index contributed by atoms with van der Waals surface area (Å²) in [5.74, 6) is -0.831. The molecule has 0 saturated carbocycles. The summed E-state index contributed by atoms with van der Waals surface area (Å²) in [5.41, 5.74) is 2.80. The van der Waals surface area contributed by atoms with Crippen LogP contribution in [0.1, 0.15) is 36.4 Å². The van der Waals surface area contributed by atoms with Crippen LogP contribution in [0.5, 0.6) is 0 Å². The van der Waals surface area contributed by atoms with Gasteiger partial charge < -0.3 is 5.11 Å².